The summed E-state index contributed by atoms with van der Waals surface area (Å²) < 4.78 is 0. The van der Waals surface area contributed by atoms with Crippen LogP contribution in [0.5, 0.6) is 0 Å². The molecule has 9 heteroatoms. The molecule has 0 radical (unpaired) electrons. The average molecular weight is 577 g/mol. The van der Waals surface area contributed by atoms with Gasteiger partial charge >= 0.3 is 0 Å². The van der Waals surface area contributed by atoms with E-state index >= 15 is 0 Å². The van der Waals surface area contributed by atoms with E-state index in [2.05, 4.69) is 63.5 Å². The third kappa shape index (κ3) is 6.28. The molecular formula is C32H40N4O4S. The molecule has 218 valence electrons. The van der Waals surface area contributed by atoms with Crippen LogP contribution in [0.25, 0.3) is 11.6 Å². The first-order chi connectivity index (χ1) is 18.9. The summed E-state index contributed by atoms with van der Waals surface area (Å²) >= 11 is 1.76. The fourth-order valence-electron chi connectivity index (χ4n) is 5.96. The van der Waals surface area contributed by atoms with Gasteiger partial charge in [-0.1, -0.05) is 30.3 Å². The monoisotopic (exact) mass is 576 g/mol. The maximum atomic E-state index is 13.8. The highest BCUT2D eigenvalue weighted by molar-refractivity contribution is 7.98. The molecule has 3 aliphatic rings. The zero-order valence-electron chi connectivity index (χ0n) is 23.9. The summed E-state index contributed by atoms with van der Waals surface area (Å²) in [5, 5.41) is 3.01. The van der Waals surface area contributed by atoms with Crippen LogP contribution in [0.4, 0.5) is 5.69 Å². The predicted octanol–water partition coefficient (Wildman–Crippen LogP) is 4.47. The van der Waals surface area contributed by atoms with E-state index in [-0.39, 0.29) is 28.8 Å². The van der Waals surface area contributed by atoms with Gasteiger partial charge in [-0.25, -0.2) is 0 Å². The maximum absolute atomic E-state index is 13.8. The van der Waals surface area contributed by atoms with Gasteiger partial charge in [0, 0.05) is 58.5 Å². The van der Waals surface area contributed by atoms with E-state index in [0.717, 1.165) is 70.3 Å². The number of nitrogens with one attached hydrogen (secondary N) is 2. The molecular weight excluding hydrogens is 536 g/mol. The van der Waals surface area contributed by atoms with Crippen molar-refractivity contribution in [3.05, 3.63) is 82.2 Å². The van der Waals surface area contributed by atoms with Gasteiger partial charge in [0.05, 0.1) is 11.1 Å². The molecule has 1 saturated heterocycles. The lowest BCUT2D eigenvalue weighted by molar-refractivity contribution is -0.110. The quantitative estimate of drug-likeness (QED) is 0.303. The van der Waals surface area contributed by atoms with Crippen LogP contribution in [0, 0.1) is 13.8 Å². The van der Waals surface area contributed by atoms with Crippen molar-refractivity contribution in [2.24, 2.45) is 0 Å². The summed E-state index contributed by atoms with van der Waals surface area (Å²) in [4.78, 5) is 35.8. The van der Waals surface area contributed by atoms with Crippen LogP contribution in [-0.2, 0) is 10.5 Å². The molecule has 0 bridgehead atoms. The Labute approximate surface area is 245 Å². The molecule has 2 fully saturated rings. The van der Waals surface area contributed by atoms with Crippen molar-refractivity contribution in [3.8, 4) is 0 Å². The SMILES string of the molecule is Cc1[nH]c(/C=C2\C(=O)Nc3ccc(SCc4ccccc4)cc32)c(C)c1C(=O)N1CCC[C@H]1CN(C)C1CC1.O.O. The fraction of sp³-hybridized carbons (Fsp3) is 0.375. The third-order valence-electron chi connectivity index (χ3n) is 8.31. The van der Waals surface area contributed by atoms with Gasteiger partial charge in [-0.05, 0) is 82.0 Å². The van der Waals surface area contributed by atoms with E-state index < -0.39 is 0 Å². The van der Waals surface area contributed by atoms with Crippen LogP contribution in [0.1, 0.15) is 64.1 Å². The molecule has 6 N–H and O–H groups in total. The van der Waals surface area contributed by atoms with Crippen molar-refractivity contribution in [2.45, 2.75) is 62.3 Å². The molecule has 0 unspecified atom stereocenters. The lowest BCUT2D eigenvalue weighted by atomic mass is 10.0. The second kappa shape index (κ2) is 12.7. The number of anilines is 1. The van der Waals surface area contributed by atoms with Gasteiger partial charge in [0.2, 0.25) is 0 Å². The van der Waals surface area contributed by atoms with Crippen molar-refractivity contribution >= 4 is 40.9 Å². The van der Waals surface area contributed by atoms with Crippen LogP contribution >= 0.6 is 11.8 Å². The van der Waals surface area contributed by atoms with Gasteiger partial charge in [-0.2, -0.15) is 0 Å². The van der Waals surface area contributed by atoms with Gasteiger partial charge in [-0.15, -0.1) is 11.8 Å². The van der Waals surface area contributed by atoms with Crippen molar-refractivity contribution in [1.82, 2.24) is 14.8 Å². The molecule has 2 aromatic carbocycles. The number of hydrogen-bond acceptors (Lipinski definition) is 4. The minimum absolute atomic E-state index is 0. The number of carbonyl (C=O) groups excluding carboxylic acids is 2. The predicted molar refractivity (Wildman–Crippen MR) is 166 cm³/mol. The first-order valence-corrected chi connectivity index (χ1v) is 14.9. The van der Waals surface area contributed by atoms with Crippen molar-refractivity contribution < 1.29 is 20.5 Å². The highest BCUT2D eigenvalue weighted by Crippen LogP contribution is 2.38. The molecule has 6 rings (SSSR count). The molecule has 8 nitrogen and oxygen atoms in total. The van der Waals surface area contributed by atoms with Gasteiger partial charge in [0.15, 0.2) is 0 Å². The Hall–Kier alpha value is -3.37. The van der Waals surface area contributed by atoms with Gasteiger partial charge in [0.1, 0.15) is 0 Å². The molecule has 2 amide bonds. The number of amides is 2. The Bertz CT molecular complexity index is 1450. The molecule has 1 saturated carbocycles. The molecule has 3 heterocycles. The Morgan fingerprint density at radius 2 is 1.85 bits per heavy atom. The molecule has 0 spiro atoms. The summed E-state index contributed by atoms with van der Waals surface area (Å²) in [6.07, 6.45) is 6.57. The van der Waals surface area contributed by atoms with Crippen LogP contribution < -0.4 is 5.32 Å². The Kier molecular flexibility index (Phi) is 9.44. The molecule has 1 aromatic heterocycles. The summed E-state index contributed by atoms with van der Waals surface area (Å²) in [5.74, 6) is 0.861. The van der Waals surface area contributed by atoms with Crippen molar-refractivity contribution in [2.75, 3.05) is 25.5 Å². The molecule has 1 aliphatic carbocycles. The number of nitrogens with zero attached hydrogens (tertiary/aromatic N) is 2. The van der Waals surface area contributed by atoms with Crippen molar-refractivity contribution in [3.63, 3.8) is 0 Å². The van der Waals surface area contributed by atoms with Gasteiger partial charge < -0.3 is 31.1 Å². The summed E-state index contributed by atoms with van der Waals surface area (Å²) in [5.41, 5.74) is 6.95. The minimum atomic E-state index is -0.113. The van der Waals surface area contributed by atoms with Crippen LogP contribution in [0.2, 0.25) is 0 Å². The molecule has 1 atom stereocenters. The number of hydrogen-bond donors (Lipinski definition) is 2. The van der Waals surface area contributed by atoms with Crippen LogP contribution in [0.15, 0.2) is 53.4 Å². The number of likely N-dealkylation sites (N-methyl/N-ethyl adjacent to an activating group) is 1. The number of aryl methyl sites for hydroxylation is 1. The second-order valence-electron chi connectivity index (χ2n) is 11.1. The molecule has 3 aromatic rings. The topological polar surface area (TPSA) is 131 Å². The number of fused-ring (bicyclic) bond motifs is 1. The zero-order valence-corrected chi connectivity index (χ0v) is 24.7. The average Bonchev–Trinajstić information content (AvgIpc) is 3.53. The number of thioether (sulfide) groups is 1. The van der Waals surface area contributed by atoms with E-state index in [0.29, 0.717) is 11.6 Å². The normalized spacial score (nSPS) is 18.7. The zero-order chi connectivity index (χ0) is 27.1. The lowest BCUT2D eigenvalue weighted by Gasteiger charge is -2.29. The first kappa shape index (κ1) is 30.6. The molecule has 41 heavy (non-hydrogen) atoms. The largest absolute Gasteiger partial charge is 0.412 e. The van der Waals surface area contributed by atoms with Crippen LogP contribution in [-0.4, -0.2) is 69.8 Å². The maximum Gasteiger partial charge on any atom is 0.256 e. The van der Waals surface area contributed by atoms with E-state index in [1.54, 1.807) is 11.8 Å². The Morgan fingerprint density at radius 3 is 2.59 bits per heavy atom. The summed E-state index contributed by atoms with van der Waals surface area (Å²) in [7, 11) is 2.19. The van der Waals surface area contributed by atoms with E-state index in [1.807, 2.05) is 32.1 Å². The lowest BCUT2D eigenvalue weighted by Crippen LogP contribution is -2.43. The number of rotatable bonds is 8. The van der Waals surface area contributed by atoms with E-state index in [9.17, 15) is 9.59 Å². The number of likely N-dealkylation sites (tertiary alicyclic amines) is 1. The number of aromatic nitrogens is 1. The number of H-pyrrole nitrogens is 1. The number of carbonyl (C=O) groups is 2. The number of benzene rings is 2. The molecule has 2 aliphatic heterocycles. The Balaban J connectivity index is 0.00000194. The fourth-order valence-corrected chi connectivity index (χ4v) is 6.85. The summed E-state index contributed by atoms with van der Waals surface area (Å²) in [6.45, 7) is 5.70. The second-order valence-corrected chi connectivity index (χ2v) is 12.2. The third-order valence-corrected chi connectivity index (χ3v) is 9.37. The van der Waals surface area contributed by atoms with Crippen LogP contribution in [0.3, 0.4) is 0 Å². The number of aromatic amines is 1. The first-order valence-electron chi connectivity index (χ1n) is 13.9. The van der Waals surface area contributed by atoms with Gasteiger partial charge in [-0.3, -0.25) is 9.59 Å². The standard InChI is InChI=1S/C32H36N4O2S.2H2O/c1-20-29(33-21(2)30(20)32(38)36-15-7-10-24(36)18-35(3)23-11-12-23)17-27-26-16-25(13-14-28(26)34-31(27)37)39-19-22-8-5-4-6-9-22;;/h4-6,8-9,13-14,16-17,23-24,33H,7,10-12,15,18-19H2,1-3H3,(H,34,37);2*1H2/b27-17-;;/t24-;;/m0../s1. The van der Waals surface area contributed by atoms with Gasteiger partial charge in [0.25, 0.3) is 11.8 Å². The minimum Gasteiger partial charge on any atom is -0.412 e. The van der Waals surface area contributed by atoms with Crippen molar-refractivity contribution in [1.29, 1.82) is 0 Å². The smallest absolute Gasteiger partial charge is 0.256 e. The van der Waals surface area contributed by atoms with E-state index in [1.165, 1.54) is 18.4 Å². The highest BCUT2D eigenvalue weighted by Gasteiger charge is 2.35. The Morgan fingerprint density at radius 1 is 1.10 bits per heavy atom. The summed E-state index contributed by atoms with van der Waals surface area (Å²) in [6, 6.07) is 17.5. The van der Waals surface area contributed by atoms with E-state index in [4.69, 9.17) is 0 Å². The highest BCUT2D eigenvalue weighted by atomic mass is 32.2.